The maximum atomic E-state index is 6.26. The molecule has 0 bridgehead atoms. The molecule has 0 unspecified atom stereocenters. The van der Waals surface area contributed by atoms with Crippen molar-refractivity contribution < 1.29 is 4.52 Å². The van der Waals surface area contributed by atoms with Crippen LogP contribution in [0.25, 0.3) is 21.5 Å². The minimum atomic E-state index is 0.00410. The summed E-state index contributed by atoms with van der Waals surface area (Å²) in [6.45, 7) is 7.00. The average molecular weight is 433 g/mol. The smallest absolute Gasteiger partial charge is 0.156 e. The number of benzene rings is 1. The second kappa shape index (κ2) is 7.35. The number of rotatable bonds is 4. The minimum absolute atomic E-state index is 0.00410. The normalized spacial score (nSPS) is 11.9. The van der Waals surface area contributed by atoms with E-state index in [0.717, 1.165) is 21.6 Å². The van der Waals surface area contributed by atoms with E-state index in [-0.39, 0.29) is 5.41 Å². The molecule has 144 valence electrons. The molecular weight excluding hydrogens is 415 g/mol. The van der Waals surface area contributed by atoms with Gasteiger partial charge in [0, 0.05) is 16.7 Å². The molecule has 5 nitrogen and oxygen atoms in total. The predicted molar refractivity (Wildman–Crippen MR) is 115 cm³/mol. The van der Waals surface area contributed by atoms with Gasteiger partial charge in [-0.15, -0.1) is 11.3 Å². The first-order valence-electron chi connectivity index (χ1n) is 8.70. The van der Waals surface area contributed by atoms with Crippen LogP contribution in [0.2, 0.25) is 10.0 Å². The van der Waals surface area contributed by atoms with E-state index in [1.807, 2.05) is 12.1 Å². The van der Waals surface area contributed by atoms with E-state index in [9.17, 15) is 0 Å². The Morgan fingerprint density at radius 1 is 1.14 bits per heavy atom. The number of hydrogen-bond donors (Lipinski definition) is 1. The van der Waals surface area contributed by atoms with Gasteiger partial charge in [-0.3, -0.25) is 0 Å². The number of thiophene rings is 1. The van der Waals surface area contributed by atoms with E-state index in [1.54, 1.807) is 29.8 Å². The van der Waals surface area contributed by atoms with E-state index in [0.29, 0.717) is 28.0 Å². The fourth-order valence-electron chi connectivity index (χ4n) is 2.95. The zero-order valence-electron chi connectivity index (χ0n) is 15.6. The Balaban J connectivity index is 1.59. The monoisotopic (exact) mass is 432 g/mol. The van der Waals surface area contributed by atoms with Crippen molar-refractivity contribution >= 4 is 50.6 Å². The Morgan fingerprint density at radius 2 is 1.96 bits per heavy atom. The highest BCUT2D eigenvalue weighted by molar-refractivity contribution is 7.17. The molecule has 0 atom stereocenters. The largest absolute Gasteiger partial charge is 0.362 e. The average Bonchev–Trinajstić information content (AvgIpc) is 3.26. The summed E-state index contributed by atoms with van der Waals surface area (Å²) in [4.78, 5) is 9.81. The topological polar surface area (TPSA) is 63.8 Å². The van der Waals surface area contributed by atoms with Gasteiger partial charge in [0.1, 0.15) is 22.7 Å². The third-order valence-electron chi connectivity index (χ3n) is 4.37. The summed E-state index contributed by atoms with van der Waals surface area (Å²) in [6.07, 6.45) is 1.58. The predicted octanol–water partition coefficient (Wildman–Crippen LogP) is 6.56. The molecule has 0 saturated heterocycles. The van der Waals surface area contributed by atoms with Crippen LogP contribution in [0.5, 0.6) is 0 Å². The SMILES string of the molecule is CC(C)(C)c1csc2ncnc(NCc3cc(-c4ccc(Cl)cc4Cl)no3)c12. The Kier molecular flexibility index (Phi) is 5.04. The molecule has 3 aromatic heterocycles. The summed E-state index contributed by atoms with van der Waals surface area (Å²) < 4.78 is 5.47. The standard InChI is InChI=1S/C20H18Cl2N4OS/c1-20(2,3)14-9-28-19-17(14)18(24-10-25-19)23-8-12-7-16(26-27-12)13-5-4-11(21)6-15(13)22/h4-7,9-10H,8H2,1-3H3,(H,23,24,25). The first-order valence-corrected chi connectivity index (χ1v) is 10.3. The van der Waals surface area contributed by atoms with Crippen LogP contribution >= 0.6 is 34.5 Å². The quantitative estimate of drug-likeness (QED) is 0.395. The maximum absolute atomic E-state index is 6.26. The molecule has 3 heterocycles. The molecule has 4 rings (SSSR count). The molecule has 1 N–H and O–H groups in total. The van der Waals surface area contributed by atoms with Crippen LogP contribution in [0.1, 0.15) is 32.1 Å². The first kappa shape index (κ1) is 19.2. The summed E-state index contributed by atoms with van der Waals surface area (Å²) in [7, 11) is 0. The number of nitrogens with one attached hydrogen (secondary N) is 1. The highest BCUT2D eigenvalue weighted by Crippen LogP contribution is 2.37. The zero-order valence-corrected chi connectivity index (χ0v) is 17.9. The van der Waals surface area contributed by atoms with Gasteiger partial charge in [-0.05, 0) is 34.6 Å². The molecule has 8 heteroatoms. The molecule has 0 radical (unpaired) electrons. The molecule has 4 aromatic rings. The summed E-state index contributed by atoms with van der Waals surface area (Å²) in [5.74, 6) is 1.47. The molecule has 0 fully saturated rings. The third kappa shape index (κ3) is 3.72. The van der Waals surface area contributed by atoms with Gasteiger partial charge in [-0.2, -0.15) is 0 Å². The highest BCUT2D eigenvalue weighted by Gasteiger charge is 2.22. The van der Waals surface area contributed by atoms with Gasteiger partial charge in [0.2, 0.25) is 0 Å². The van der Waals surface area contributed by atoms with E-state index >= 15 is 0 Å². The molecule has 0 spiro atoms. The van der Waals surface area contributed by atoms with Crippen molar-refractivity contribution in [1.82, 2.24) is 15.1 Å². The van der Waals surface area contributed by atoms with Crippen LogP contribution in [-0.2, 0) is 12.0 Å². The van der Waals surface area contributed by atoms with Gasteiger partial charge < -0.3 is 9.84 Å². The molecular formula is C20H18Cl2N4OS. The lowest BCUT2D eigenvalue weighted by Gasteiger charge is -2.18. The number of halogens is 2. The molecule has 0 amide bonds. The van der Waals surface area contributed by atoms with Crippen LogP contribution in [0.15, 0.2) is 40.5 Å². The number of hydrogen-bond acceptors (Lipinski definition) is 6. The lowest BCUT2D eigenvalue weighted by Crippen LogP contribution is -2.11. The molecule has 1 aromatic carbocycles. The summed E-state index contributed by atoms with van der Waals surface area (Å²) in [5, 5.41) is 11.8. The Labute approximate surface area is 176 Å². The minimum Gasteiger partial charge on any atom is -0.362 e. The van der Waals surface area contributed by atoms with Crippen LogP contribution in [0.4, 0.5) is 5.82 Å². The number of anilines is 1. The van der Waals surface area contributed by atoms with Crippen LogP contribution < -0.4 is 5.32 Å². The van der Waals surface area contributed by atoms with E-state index < -0.39 is 0 Å². The Bertz CT molecular complexity index is 1150. The highest BCUT2D eigenvalue weighted by atomic mass is 35.5. The molecule has 0 aliphatic heterocycles. The van der Waals surface area contributed by atoms with Crippen LogP contribution in [0, 0.1) is 0 Å². The Morgan fingerprint density at radius 3 is 2.71 bits per heavy atom. The summed E-state index contributed by atoms with van der Waals surface area (Å²) >= 11 is 13.9. The van der Waals surface area contributed by atoms with Gasteiger partial charge in [-0.25, -0.2) is 9.97 Å². The maximum Gasteiger partial charge on any atom is 0.156 e. The van der Waals surface area contributed by atoms with Gasteiger partial charge in [0.15, 0.2) is 5.76 Å². The summed E-state index contributed by atoms with van der Waals surface area (Å²) in [6, 6.07) is 7.15. The van der Waals surface area contributed by atoms with Gasteiger partial charge in [0.25, 0.3) is 0 Å². The van der Waals surface area contributed by atoms with E-state index in [1.165, 1.54) is 5.56 Å². The number of fused-ring (bicyclic) bond motifs is 1. The van der Waals surface area contributed by atoms with Gasteiger partial charge in [0.05, 0.1) is 17.0 Å². The second-order valence-electron chi connectivity index (χ2n) is 7.46. The number of aromatic nitrogens is 3. The van der Waals surface area contributed by atoms with Crippen LogP contribution in [0.3, 0.4) is 0 Å². The lowest BCUT2D eigenvalue weighted by molar-refractivity contribution is 0.390. The van der Waals surface area contributed by atoms with Gasteiger partial charge in [-0.1, -0.05) is 49.1 Å². The van der Waals surface area contributed by atoms with Crippen molar-refractivity contribution in [3.05, 3.63) is 57.3 Å². The van der Waals surface area contributed by atoms with Crippen molar-refractivity contribution in [3.8, 4) is 11.3 Å². The fourth-order valence-corrected chi connectivity index (χ4v) is 4.59. The van der Waals surface area contributed by atoms with Crippen molar-refractivity contribution in [2.45, 2.75) is 32.7 Å². The molecule has 0 aliphatic rings. The molecule has 28 heavy (non-hydrogen) atoms. The zero-order chi connectivity index (χ0) is 19.9. The number of nitrogens with zero attached hydrogens (tertiary/aromatic N) is 3. The first-order chi connectivity index (χ1) is 13.3. The van der Waals surface area contributed by atoms with Crippen molar-refractivity contribution in [2.75, 3.05) is 5.32 Å². The van der Waals surface area contributed by atoms with Crippen LogP contribution in [-0.4, -0.2) is 15.1 Å². The summed E-state index contributed by atoms with van der Waals surface area (Å²) in [5.41, 5.74) is 2.67. The molecule has 0 aliphatic carbocycles. The second-order valence-corrected chi connectivity index (χ2v) is 9.16. The van der Waals surface area contributed by atoms with Crippen molar-refractivity contribution in [3.63, 3.8) is 0 Å². The lowest BCUT2D eigenvalue weighted by atomic mass is 9.87. The fraction of sp³-hybridized carbons (Fsp3) is 0.250. The Hall–Kier alpha value is -2.15. The van der Waals surface area contributed by atoms with Gasteiger partial charge >= 0.3 is 0 Å². The van der Waals surface area contributed by atoms with Crippen molar-refractivity contribution in [2.24, 2.45) is 0 Å². The molecule has 0 saturated carbocycles. The third-order valence-corrected chi connectivity index (χ3v) is 5.81. The van der Waals surface area contributed by atoms with E-state index in [2.05, 4.69) is 46.6 Å². The van der Waals surface area contributed by atoms with E-state index in [4.69, 9.17) is 27.7 Å². The van der Waals surface area contributed by atoms with Crippen molar-refractivity contribution in [1.29, 1.82) is 0 Å².